The highest BCUT2D eigenvalue weighted by Gasteiger charge is 2.20. The third kappa shape index (κ3) is 1.91. The molecule has 0 unspecified atom stereocenters. The summed E-state index contributed by atoms with van der Waals surface area (Å²) < 4.78 is 6.63. The van der Waals surface area contributed by atoms with Crippen molar-refractivity contribution in [3.8, 4) is 0 Å². The number of nitrogens with zero attached hydrogens (tertiary/aromatic N) is 1. The molecule has 4 heteroatoms. The Labute approximate surface area is 94.5 Å². The number of hydrogen-bond acceptors (Lipinski definition) is 3. The maximum atomic E-state index is 11.6. The van der Waals surface area contributed by atoms with Gasteiger partial charge < -0.3 is 9.30 Å². The minimum atomic E-state index is -0.383. The first-order chi connectivity index (χ1) is 7.54. The number of aromatic nitrogens is 1. The number of aldehydes is 1. The third-order valence-corrected chi connectivity index (χ3v) is 2.76. The molecule has 0 fully saturated rings. The molecular formula is C12H15NO3. The second-order valence-corrected chi connectivity index (χ2v) is 3.51. The van der Waals surface area contributed by atoms with E-state index in [2.05, 4.69) is 0 Å². The maximum absolute atomic E-state index is 11.6. The van der Waals surface area contributed by atoms with Crippen LogP contribution >= 0.6 is 0 Å². The lowest BCUT2D eigenvalue weighted by molar-refractivity contribution is -0.104. The van der Waals surface area contributed by atoms with Crippen molar-refractivity contribution in [3.63, 3.8) is 0 Å². The Bertz CT molecular complexity index is 455. The fourth-order valence-electron chi connectivity index (χ4n) is 1.67. The number of ether oxygens (including phenoxy) is 1. The predicted octanol–water partition coefficient (Wildman–Crippen LogP) is 1.64. The van der Waals surface area contributed by atoms with Crippen molar-refractivity contribution in [2.45, 2.75) is 13.8 Å². The Balaban J connectivity index is 3.44. The van der Waals surface area contributed by atoms with Gasteiger partial charge in [-0.1, -0.05) is 0 Å². The lowest BCUT2D eigenvalue weighted by Gasteiger charge is -2.00. The van der Waals surface area contributed by atoms with E-state index in [0.29, 0.717) is 11.8 Å². The van der Waals surface area contributed by atoms with E-state index in [1.165, 1.54) is 13.2 Å². The van der Waals surface area contributed by atoms with Gasteiger partial charge in [-0.2, -0.15) is 0 Å². The van der Waals surface area contributed by atoms with Crippen molar-refractivity contribution >= 4 is 18.3 Å². The molecule has 86 valence electrons. The number of carbonyl (C=O) groups is 2. The van der Waals surface area contributed by atoms with Crippen LogP contribution in [0.2, 0.25) is 0 Å². The van der Waals surface area contributed by atoms with E-state index in [1.807, 2.05) is 25.5 Å². The van der Waals surface area contributed by atoms with E-state index >= 15 is 0 Å². The first-order valence-electron chi connectivity index (χ1n) is 4.90. The quantitative estimate of drug-likeness (QED) is 0.443. The van der Waals surface area contributed by atoms with Gasteiger partial charge in [-0.25, -0.2) is 4.79 Å². The standard InChI is InChI=1S/C12H15NO3/c1-8-10(6-5-7-14)11(12(15)16-4)9(2)13(8)3/h5-7H,1-4H3/b6-5+. The number of esters is 1. The summed E-state index contributed by atoms with van der Waals surface area (Å²) in [6.45, 7) is 3.74. The van der Waals surface area contributed by atoms with E-state index in [1.54, 1.807) is 6.08 Å². The first-order valence-corrected chi connectivity index (χ1v) is 4.90. The third-order valence-electron chi connectivity index (χ3n) is 2.76. The van der Waals surface area contributed by atoms with Gasteiger partial charge in [0.1, 0.15) is 6.29 Å². The summed E-state index contributed by atoms with van der Waals surface area (Å²) in [4.78, 5) is 21.9. The SMILES string of the molecule is COC(=O)c1c(/C=C/C=O)c(C)n(C)c1C. The largest absolute Gasteiger partial charge is 0.465 e. The van der Waals surface area contributed by atoms with Crippen LogP contribution in [0.3, 0.4) is 0 Å². The molecule has 0 N–H and O–H groups in total. The van der Waals surface area contributed by atoms with E-state index in [4.69, 9.17) is 4.74 Å². The summed E-state index contributed by atoms with van der Waals surface area (Å²) in [5.41, 5.74) is 3.01. The molecule has 0 atom stereocenters. The Morgan fingerprint density at radius 3 is 2.44 bits per heavy atom. The summed E-state index contributed by atoms with van der Waals surface area (Å²) in [7, 11) is 3.21. The highest BCUT2D eigenvalue weighted by molar-refractivity contribution is 5.96. The van der Waals surface area contributed by atoms with Gasteiger partial charge in [0.05, 0.1) is 12.7 Å². The lowest BCUT2D eigenvalue weighted by atomic mass is 10.1. The van der Waals surface area contributed by atoms with Crippen LogP contribution in [0, 0.1) is 13.8 Å². The van der Waals surface area contributed by atoms with E-state index in [-0.39, 0.29) is 5.97 Å². The van der Waals surface area contributed by atoms with Crippen molar-refractivity contribution in [2.24, 2.45) is 7.05 Å². The second kappa shape index (κ2) is 4.79. The Morgan fingerprint density at radius 2 is 1.94 bits per heavy atom. The van der Waals surface area contributed by atoms with Crippen molar-refractivity contribution in [1.82, 2.24) is 4.57 Å². The van der Waals surface area contributed by atoms with Crippen molar-refractivity contribution in [1.29, 1.82) is 0 Å². The molecule has 0 aliphatic rings. The van der Waals surface area contributed by atoms with Crippen LogP contribution in [0.25, 0.3) is 6.08 Å². The van der Waals surface area contributed by atoms with Crippen LogP contribution in [-0.2, 0) is 16.6 Å². The van der Waals surface area contributed by atoms with Crippen LogP contribution in [0.4, 0.5) is 0 Å². The van der Waals surface area contributed by atoms with Gasteiger partial charge in [-0.05, 0) is 26.0 Å². The second-order valence-electron chi connectivity index (χ2n) is 3.51. The minimum absolute atomic E-state index is 0.383. The summed E-state index contributed by atoms with van der Waals surface area (Å²) in [5.74, 6) is -0.383. The monoisotopic (exact) mass is 221 g/mol. The summed E-state index contributed by atoms with van der Waals surface area (Å²) >= 11 is 0. The maximum Gasteiger partial charge on any atom is 0.340 e. The van der Waals surface area contributed by atoms with E-state index < -0.39 is 0 Å². The Kier molecular flexibility index (Phi) is 3.66. The van der Waals surface area contributed by atoms with Gasteiger partial charge in [-0.3, -0.25) is 4.79 Å². The molecule has 0 saturated carbocycles. The number of rotatable bonds is 3. The van der Waals surface area contributed by atoms with Crippen molar-refractivity contribution in [3.05, 3.63) is 28.6 Å². The molecule has 0 spiro atoms. The van der Waals surface area contributed by atoms with Crippen LogP contribution in [-0.4, -0.2) is 23.9 Å². The normalized spacial score (nSPS) is 10.8. The molecule has 0 aromatic carbocycles. The zero-order valence-corrected chi connectivity index (χ0v) is 9.90. The molecule has 1 aromatic heterocycles. The molecule has 0 aliphatic carbocycles. The fourth-order valence-corrected chi connectivity index (χ4v) is 1.67. The zero-order chi connectivity index (χ0) is 12.3. The van der Waals surface area contributed by atoms with Crippen molar-refractivity contribution < 1.29 is 14.3 Å². The van der Waals surface area contributed by atoms with Crippen LogP contribution in [0.5, 0.6) is 0 Å². The average Bonchev–Trinajstić information content (AvgIpc) is 2.50. The molecule has 0 bridgehead atoms. The lowest BCUT2D eigenvalue weighted by Crippen LogP contribution is -2.04. The van der Waals surface area contributed by atoms with Gasteiger partial charge in [0.15, 0.2) is 0 Å². The number of hydrogen-bond donors (Lipinski definition) is 0. The topological polar surface area (TPSA) is 48.3 Å². The summed E-state index contributed by atoms with van der Waals surface area (Å²) in [5, 5.41) is 0. The van der Waals surface area contributed by atoms with Gasteiger partial charge in [0.2, 0.25) is 0 Å². The minimum Gasteiger partial charge on any atom is -0.465 e. The molecule has 4 nitrogen and oxygen atoms in total. The summed E-state index contributed by atoms with van der Waals surface area (Å²) in [6.07, 6.45) is 3.68. The van der Waals surface area contributed by atoms with Crippen LogP contribution in [0.15, 0.2) is 6.08 Å². The van der Waals surface area contributed by atoms with E-state index in [0.717, 1.165) is 17.0 Å². The molecule has 1 heterocycles. The van der Waals surface area contributed by atoms with Crippen LogP contribution in [0.1, 0.15) is 27.3 Å². The molecule has 0 radical (unpaired) electrons. The average molecular weight is 221 g/mol. The fraction of sp³-hybridized carbons (Fsp3) is 0.333. The molecule has 1 aromatic rings. The Morgan fingerprint density at radius 1 is 1.31 bits per heavy atom. The van der Waals surface area contributed by atoms with E-state index in [9.17, 15) is 9.59 Å². The van der Waals surface area contributed by atoms with Crippen molar-refractivity contribution in [2.75, 3.05) is 7.11 Å². The highest BCUT2D eigenvalue weighted by Crippen LogP contribution is 2.23. The highest BCUT2D eigenvalue weighted by atomic mass is 16.5. The number of allylic oxidation sites excluding steroid dienone is 1. The molecule has 0 amide bonds. The number of carbonyl (C=O) groups excluding carboxylic acids is 2. The number of methoxy groups -OCH3 is 1. The Hall–Kier alpha value is -1.84. The molecule has 1 rings (SSSR count). The molecule has 16 heavy (non-hydrogen) atoms. The molecule has 0 saturated heterocycles. The smallest absolute Gasteiger partial charge is 0.340 e. The molecule has 0 aliphatic heterocycles. The summed E-state index contributed by atoms with van der Waals surface area (Å²) in [6, 6.07) is 0. The van der Waals surface area contributed by atoms with Gasteiger partial charge in [-0.15, -0.1) is 0 Å². The zero-order valence-electron chi connectivity index (χ0n) is 9.90. The van der Waals surface area contributed by atoms with Gasteiger partial charge in [0, 0.05) is 24.0 Å². The molecular weight excluding hydrogens is 206 g/mol. The first kappa shape index (κ1) is 12.2. The predicted molar refractivity (Wildman–Crippen MR) is 61.3 cm³/mol. The van der Waals surface area contributed by atoms with Crippen LogP contribution < -0.4 is 0 Å². The van der Waals surface area contributed by atoms with Gasteiger partial charge in [0.25, 0.3) is 0 Å². The van der Waals surface area contributed by atoms with Gasteiger partial charge >= 0.3 is 5.97 Å².